The molecule has 4 rings (SSSR count). The summed E-state index contributed by atoms with van der Waals surface area (Å²) in [5, 5.41) is 9.32. The molecule has 0 aliphatic rings. The lowest BCUT2D eigenvalue weighted by atomic mass is 10.1. The van der Waals surface area contributed by atoms with Gasteiger partial charge in [-0.25, -0.2) is 0 Å². The first-order valence-electron chi connectivity index (χ1n) is 10.3. The van der Waals surface area contributed by atoms with Crippen LogP contribution in [0.1, 0.15) is 16.7 Å². The maximum atomic E-state index is 13.1. The predicted molar refractivity (Wildman–Crippen MR) is 126 cm³/mol. The number of methoxy groups -OCH3 is 2. The number of thioether (sulfide) groups is 1. The SMILES string of the molecule is COc1cc(OC)cc(-c2nnc(SCc3cccc(C(F)(F)F)c3)n2-c2ccc(C)cc2)c1. The number of aromatic nitrogens is 3. The second-order valence-corrected chi connectivity index (χ2v) is 8.51. The van der Waals surface area contributed by atoms with Crippen molar-refractivity contribution < 1.29 is 22.6 Å². The quantitative estimate of drug-likeness (QED) is 0.277. The van der Waals surface area contributed by atoms with Gasteiger partial charge in [0.25, 0.3) is 0 Å². The lowest BCUT2D eigenvalue weighted by molar-refractivity contribution is -0.137. The van der Waals surface area contributed by atoms with Crippen LogP contribution in [0.5, 0.6) is 11.5 Å². The van der Waals surface area contributed by atoms with E-state index in [0.717, 1.165) is 28.9 Å². The number of nitrogens with zero attached hydrogens (tertiary/aromatic N) is 3. The van der Waals surface area contributed by atoms with Crippen LogP contribution in [0, 0.1) is 6.92 Å². The highest BCUT2D eigenvalue weighted by atomic mass is 32.2. The molecule has 0 fully saturated rings. The molecule has 0 amide bonds. The Bertz CT molecular complexity index is 1270. The molecule has 34 heavy (non-hydrogen) atoms. The number of ether oxygens (including phenoxy) is 2. The van der Waals surface area contributed by atoms with Crippen molar-refractivity contribution in [1.29, 1.82) is 0 Å². The van der Waals surface area contributed by atoms with E-state index in [1.807, 2.05) is 47.9 Å². The summed E-state index contributed by atoms with van der Waals surface area (Å²) in [5.74, 6) is 2.07. The molecule has 0 saturated heterocycles. The average molecular weight is 486 g/mol. The number of aryl methyl sites for hydroxylation is 1. The molecule has 9 heteroatoms. The molecule has 0 radical (unpaired) electrons. The van der Waals surface area contributed by atoms with E-state index in [9.17, 15) is 13.2 Å². The van der Waals surface area contributed by atoms with Gasteiger partial charge < -0.3 is 9.47 Å². The van der Waals surface area contributed by atoms with Gasteiger partial charge >= 0.3 is 6.18 Å². The summed E-state index contributed by atoms with van der Waals surface area (Å²) in [6.45, 7) is 1.99. The molecule has 1 heterocycles. The van der Waals surface area contributed by atoms with E-state index < -0.39 is 11.7 Å². The van der Waals surface area contributed by atoms with E-state index in [-0.39, 0.29) is 0 Å². The molecule has 0 saturated carbocycles. The smallest absolute Gasteiger partial charge is 0.416 e. The van der Waals surface area contributed by atoms with Crippen LogP contribution in [-0.2, 0) is 11.9 Å². The molecule has 4 aromatic rings. The number of rotatable bonds is 7. The molecule has 176 valence electrons. The van der Waals surface area contributed by atoms with Gasteiger partial charge in [-0.3, -0.25) is 4.57 Å². The molecule has 5 nitrogen and oxygen atoms in total. The fraction of sp³-hybridized carbons (Fsp3) is 0.200. The summed E-state index contributed by atoms with van der Waals surface area (Å²) >= 11 is 1.31. The molecule has 0 bridgehead atoms. The normalized spacial score (nSPS) is 11.5. The van der Waals surface area contributed by atoms with Crippen molar-refractivity contribution in [3.05, 3.63) is 83.4 Å². The first kappa shape index (κ1) is 23.7. The standard InChI is InChI=1S/C25H22F3N3O2S/c1-16-7-9-20(10-8-16)31-23(18-12-21(32-2)14-22(13-18)33-3)29-30-24(31)34-15-17-5-4-6-19(11-17)25(26,27)28/h4-14H,15H2,1-3H3. The minimum Gasteiger partial charge on any atom is -0.497 e. The van der Waals surface area contributed by atoms with Crippen LogP contribution in [0.15, 0.2) is 71.9 Å². The highest BCUT2D eigenvalue weighted by Crippen LogP contribution is 2.35. The second kappa shape index (κ2) is 9.80. The summed E-state index contributed by atoms with van der Waals surface area (Å²) in [5.41, 5.74) is 2.53. The van der Waals surface area contributed by atoms with Gasteiger partial charge in [0.05, 0.1) is 19.8 Å². The van der Waals surface area contributed by atoms with E-state index in [4.69, 9.17) is 9.47 Å². The largest absolute Gasteiger partial charge is 0.497 e. The lowest BCUT2D eigenvalue weighted by Crippen LogP contribution is -2.05. The third kappa shape index (κ3) is 5.20. The minimum absolute atomic E-state index is 0.301. The van der Waals surface area contributed by atoms with Gasteiger partial charge in [0.2, 0.25) is 0 Å². The van der Waals surface area contributed by atoms with Crippen LogP contribution in [0.2, 0.25) is 0 Å². The van der Waals surface area contributed by atoms with Crippen molar-refractivity contribution in [3.63, 3.8) is 0 Å². The molecule has 0 N–H and O–H groups in total. The van der Waals surface area contributed by atoms with E-state index in [1.54, 1.807) is 26.4 Å². The van der Waals surface area contributed by atoms with Crippen molar-refractivity contribution in [2.75, 3.05) is 14.2 Å². The van der Waals surface area contributed by atoms with Gasteiger partial charge in [0.1, 0.15) is 11.5 Å². The first-order valence-corrected chi connectivity index (χ1v) is 11.3. The Kier molecular flexibility index (Phi) is 6.83. The maximum Gasteiger partial charge on any atom is 0.416 e. The topological polar surface area (TPSA) is 49.2 Å². The van der Waals surface area contributed by atoms with E-state index >= 15 is 0 Å². The molecule has 0 spiro atoms. The van der Waals surface area contributed by atoms with E-state index in [0.29, 0.717) is 33.8 Å². The Hall–Kier alpha value is -3.46. The molecule has 0 aliphatic heterocycles. The Morgan fingerprint density at radius 1 is 0.882 bits per heavy atom. The van der Waals surface area contributed by atoms with Crippen molar-refractivity contribution in [1.82, 2.24) is 14.8 Å². The van der Waals surface area contributed by atoms with Crippen LogP contribution in [0.25, 0.3) is 17.1 Å². The summed E-state index contributed by atoms with van der Waals surface area (Å²) in [6.07, 6.45) is -4.39. The molecular weight excluding hydrogens is 463 g/mol. The number of benzene rings is 3. The first-order chi connectivity index (χ1) is 16.3. The molecule has 3 aromatic carbocycles. The van der Waals surface area contributed by atoms with E-state index in [2.05, 4.69) is 10.2 Å². The summed E-state index contributed by atoms with van der Waals surface area (Å²) in [6, 6.07) is 18.6. The van der Waals surface area contributed by atoms with Gasteiger partial charge in [-0.1, -0.05) is 47.7 Å². The molecular formula is C25H22F3N3O2S. The van der Waals surface area contributed by atoms with Crippen LogP contribution >= 0.6 is 11.8 Å². The Balaban J connectivity index is 1.74. The Labute approximate surface area is 199 Å². The fourth-order valence-electron chi connectivity index (χ4n) is 3.40. The minimum atomic E-state index is -4.39. The highest BCUT2D eigenvalue weighted by molar-refractivity contribution is 7.98. The van der Waals surface area contributed by atoms with Crippen LogP contribution in [0.3, 0.4) is 0 Å². The van der Waals surface area contributed by atoms with Crippen LogP contribution in [0.4, 0.5) is 13.2 Å². The van der Waals surface area contributed by atoms with Crippen molar-refractivity contribution in [3.8, 4) is 28.6 Å². The maximum absolute atomic E-state index is 13.1. The zero-order valence-corrected chi connectivity index (χ0v) is 19.6. The number of alkyl halides is 3. The third-order valence-corrected chi connectivity index (χ3v) is 6.16. The number of halogens is 3. The molecule has 0 aliphatic carbocycles. The van der Waals surface area contributed by atoms with Crippen molar-refractivity contribution in [2.45, 2.75) is 24.0 Å². The number of hydrogen-bond donors (Lipinski definition) is 0. The second-order valence-electron chi connectivity index (χ2n) is 7.57. The van der Waals surface area contributed by atoms with Crippen LogP contribution in [-0.4, -0.2) is 29.0 Å². The summed E-state index contributed by atoms with van der Waals surface area (Å²) in [7, 11) is 3.14. The third-order valence-electron chi connectivity index (χ3n) is 5.16. The summed E-state index contributed by atoms with van der Waals surface area (Å²) < 4.78 is 52.0. The Morgan fingerprint density at radius 2 is 1.56 bits per heavy atom. The zero-order valence-electron chi connectivity index (χ0n) is 18.8. The predicted octanol–water partition coefficient (Wildman–Crippen LogP) is 6.57. The monoisotopic (exact) mass is 485 g/mol. The molecule has 1 aromatic heterocycles. The highest BCUT2D eigenvalue weighted by Gasteiger charge is 2.30. The summed E-state index contributed by atoms with van der Waals surface area (Å²) in [4.78, 5) is 0. The van der Waals surface area contributed by atoms with Gasteiger partial charge in [-0.15, -0.1) is 10.2 Å². The van der Waals surface area contributed by atoms with Crippen molar-refractivity contribution >= 4 is 11.8 Å². The average Bonchev–Trinajstić information content (AvgIpc) is 3.26. The lowest BCUT2D eigenvalue weighted by Gasteiger charge is -2.13. The van der Waals surface area contributed by atoms with Gasteiger partial charge in [-0.2, -0.15) is 13.2 Å². The Morgan fingerprint density at radius 3 is 2.18 bits per heavy atom. The van der Waals surface area contributed by atoms with Crippen molar-refractivity contribution in [2.24, 2.45) is 0 Å². The van der Waals surface area contributed by atoms with Gasteiger partial charge in [0, 0.05) is 23.1 Å². The number of hydrogen-bond acceptors (Lipinski definition) is 5. The molecule has 0 atom stereocenters. The fourth-order valence-corrected chi connectivity index (χ4v) is 4.29. The van der Waals surface area contributed by atoms with Gasteiger partial charge in [0.15, 0.2) is 11.0 Å². The van der Waals surface area contributed by atoms with Crippen LogP contribution < -0.4 is 9.47 Å². The molecule has 0 unspecified atom stereocenters. The zero-order chi connectivity index (χ0) is 24.3. The van der Waals surface area contributed by atoms with E-state index in [1.165, 1.54) is 17.8 Å². The van der Waals surface area contributed by atoms with Gasteiger partial charge in [-0.05, 0) is 42.8 Å².